The third-order valence-electron chi connectivity index (χ3n) is 5.11. The van der Waals surface area contributed by atoms with Crippen LogP contribution < -0.4 is 5.32 Å². The highest BCUT2D eigenvalue weighted by molar-refractivity contribution is 5.79. The van der Waals surface area contributed by atoms with Crippen LogP contribution >= 0.6 is 0 Å². The number of halogens is 1. The molecule has 5 nitrogen and oxygen atoms in total. The number of carbonyl (C=O) groups is 1. The minimum atomic E-state index is -0.183. The molecule has 1 aromatic carbocycles. The number of aromatic nitrogens is 1. The molecule has 2 aliphatic heterocycles. The number of carbonyl (C=O) groups excluding carboxylic acids is 1. The van der Waals surface area contributed by atoms with Gasteiger partial charge in [0.05, 0.1) is 18.1 Å². The van der Waals surface area contributed by atoms with Gasteiger partial charge in [0.25, 0.3) is 0 Å². The van der Waals surface area contributed by atoms with Crippen LogP contribution in [0.5, 0.6) is 0 Å². The van der Waals surface area contributed by atoms with Crippen LogP contribution in [0.25, 0.3) is 0 Å². The molecule has 2 bridgehead atoms. The molecule has 1 amide bonds. The summed E-state index contributed by atoms with van der Waals surface area (Å²) < 4.78 is 19.9. The quantitative estimate of drug-likeness (QED) is 0.893. The van der Waals surface area contributed by atoms with Crippen molar-refractivity contribution in [2.24, 2.45) is 5.92 Å². The van der Waals surface area contributed by atoms with Crippen molar-refractivity contribution in [3.8, 4) is 0 Å². The Morgan fingerprint density at radius 2 is 2.15 bits per heavy atom. The summed E-state index contributed by atoms with van der Waals surface area (Å²) in [6.07, 6.45) is 4.09. The molecular weight excluding hydrogens is 333 g/mol. The fourth-order valence-corrected chi connectivity index (χ4v) is 3.83. The number of rotatable bonds is 5. The van der Waals surface area contributed by atoms with Crippen LogP contribution in [0.4, 0.5) is 4.39 Å². The first-order valence-corrected chi connectivity index (χ1v) is 8.97. The van der Waals surface area contributed by atoms with Crippen molar-refractivity contribution in [2.75, 3.05) is 13.1 Å². The number of hydrogen-bond acceptors (Lipinski definition) is 4. The second-order valence-electron chi connectivity index (χ2n) is 7.00. The molecule has 3 heterocycles. The van der Waals surface area contributed by atoms with Crippen molar-refractivity contribution in [1.82, 2.24) is 15.2 Å². The van der Waals surface area contributed by atoms with E-state index in [0.29, 0.717) is 25.2 Å². The number of nitrogens with zero attached hydrogens (tertiary/aromatic N) is 2. The van der Waals surface area contributed by atoms with Gasteiger partial charge in [-0.25, -0.2) is 4.39 Å². The Morgan fingerprint density at radius 3 is 2.96 bits per heavy atom. The summed E-state index contributed by atoms with van der Waals surface area (Å²) in [4.78, 5) is 18.8. The van der Waals surface area contributed by atoms with E-state index in [0.717, 1.165) is 18.5 Å². The van der Waals surface area contributed by atoms with Gasteiger partial charge in [0.2, 0.25) is 5.91 Å². The van der Waals surface area contributed by atoms with Gasteiger partial charge in [-0.05, 0) is 24.1 Å². The van der Waals surface area contributed by atoms with Gasteiger partial charge in [0.15, 0.2) is 0 Å². The van der Waals surface area contributed by atoms with E-state index in [1.54, 1.807) is 18.5 Å². The number of pyridine rings is 1. The van der Waals surface area contributed by atoms with Gasteiger partial charge in [-0.3, -0.25) is 14.7 Å². The molecule has 2 fully saturated rings. The average Bonchev–Trinajstić information content (AvgIpc) is 2.97. The van der Waals surface area contributed by atoms with Gasteiger partial charge in [0, 0.05) is 44.1 Å². The van der Waals surface area contributed by atoms with Crippen LogP contribution in [-0.2, 0) is 22.6 Å². The van der Waals surface area contributed by atoms with Crippen molar-refractivity contribution < 1.29 is 13.9 Å². The number of ether oxygens (including phenoxy) is 1. The standard InChI is InChI=1S/C20H22FN3O2/c21-18-6-2-1-5-15(18)11-24-12-16-8-17(19(13-24)26-16)20(25)23-10-14-4-3-7-22-9-14/h1-7,9,16-17,19H,8,10-13H2,(H,23,25). The molecule has 0 spiro atoms. The Morgan fingerprint density at radius 1 is 1.27 bits per heavy atom. The van der Waals surface area contributed by atoms with E-state index in [1.165, 1.54) is 6.07 Å². The molecule has 26 heavy (non-hydrogen) atoms. The third kappa shape index (κ3) is 3.76. The second kappa shape index (κ2) is 7.51. The van der Waals surface area contributed by atoms with E-state index in [2.05, 4.69) is 15.2 Å². The average molecular weight is 355 g/mol. The number of nitrogens with one attached hydrogen (secondary N) is 1. The molecule has 3 atom stereocenters. The van der Waals surface area contributed by atoms with Crippen molar-refractivity contribution in [3.05, 3.63) is 65.7 Å². The van der Waals surface area contributed by atoms with E-state index in [-0.39, 0.29) is 29.9 Å². The zero-order valence-electron chi connectivity index (χ0n) is 14.5. The number of morpholine rings is 1. The fourth-order valence-electron chi connectivity index (χ4n) is 3.83. The molecule has 2 aromatic rings. The smallest absolute Gasteiger partial charge is 0.226 e. The first-order chi connectivity index (χ1) is 12.7. The lowest BCUT2D eigenvalue weighted by molar-refractivity contribution is -0.128. The number of likely N-dealkylation sites (tertiary alicyclic amines) is 1. The summed E-state index contributed by atoms with van der Waals surface area (Å²) in [5.41, 5.74) is 1.66. The van der Waals surface area contributed by atoms with Crippen molar-refractivity contribution in [3.63, 3.8) is 0 Å². The molecule has 4 rings (SSSR count). The van der Waals surface area contributed by atoms with Crippen LogP contribution in [0.1, 0.15) is 17.5 Å². The van der Waals surface area contributed by atoms with E-state index in [1.807, 2.05) is 24.3 Å². The van der Waals surface area contributed by atoms with Crippen LogP contribution in [0.15, 0.2) is 48.8 Å². The Kier molecular flexibility index (Phi) is 4.95. The zero-order chi connectivity index (χ0) is 17.9. The minimum absolute atomic E-state index is 0.0223. The Bertz CT molecular complexity index is 771. The van der Waals surface area contributed by atoms with Gasteiger partial charge in [0.1, 0.15) is 5.82 Å². The molecule has 0 aliphatic carbocycles. The molecule has 0 radical (unpaired) electrons. The molecule has 0 saturated carbocycles. The van der Waals surface area contributed by atoms with Crippen LogP contribution in [0.2, 0.25) is 0 Å². The summed E-state index contributed by atoms with van der Waals surface area (Å²) in [5.74, 6) is -0.312. The lowest BCUT2D eigenvalue weighted by Crippen LogP contribution is -2.45. The Labute approximate surface area is 152 Å². The third-order valence-corrected chi connectivity index (χ3v) is 5.11. The minimum Gasteiger partial charge on any atom is -0.371 e. The molecule has 3 unspecified atom stereocenters. The lowest BCUT2D eigenvalue weighted by Gasteiger charge is -2.32. The van der Waals surface area contributed by atoms with Gasteiger partial charge >= 0.3 is 0 Å². The molecular formula is C20H22FN3O2. The van der Waals surface area contributed by atoms with E-state index in [4.69, 9.17) is 4.74 Å². The van der Waals surface area contributed by atoms with Crippen molar-refractivity contribution >= 4 is 5.91 Å². The predicted molar refractivity (Wildman–Crippen MR) is 94.5 cm³/mol. The fraction of sp³-hybridized carbons (Fsp3) is 0.400. The molecule has 136 valence electrons. The number of benzene rings is 1. The van der Waals surface area contributed by atoms with E-state index >= 15 is 0 Å². The van der Waals surface area contributed by atoms with Gasteiger partial charge in [-0.1, -0.05) is 24.3 Å². The van der Waals surface area contributed by atoms with Crippen molar-refractivity contribution in [1.29, 1.82) is 0 Å². The maximum absolute atomic E-state index is 13.9. The largest absolute Gasteiger partial charge is 0.371 e. The number of amides is 1. The van der Waals surface area contributed by atoms with Gasteiger partial charge in [-0.15, -0.1) is 0 Å². The highest BCUT2D eigenvalue weighted by Gasteiger charge is 2.44. The SMILES string of the molecule is O=C(NCc1cccnc1)C1CC2CN(Cc3ccccc3F)CC1O2. The lowest BCUT2D eigenvalue weighted by atomic mass is 9.99. The normalized spacial score (nSPS) is 25.2. The number of hydrogen-bond donors (Lipinski definition) is 1. The summed E-state index contributed by atoms with van der Waals surface area (Å²) >= 11 is 0. The molecule has 1 aromatic heterocycles. The maximum Gasteiger partial charge on any atom is 0.226 e. The molecule has 6 heteroatoms. The summed E-state index contributed by atoms with van der Waals surface area (Å²) in [7, 11) is 0. The van der Waals surface area contributed by atoms with Crippen molar-refractivity contribution in [2.45, 2.75) is 31.7 Å². The summed E-state index contributed by atoms with van der Waals surface area (Å²) in [6.45, 7) is 2.40. The second-order valence-corrected chi connectivity index (χ2v) is 7.00. The zero-order valence-corrected chi connectivity index (χ0v) is 14.5. The topological polar surface area (TPSA) is 54.5 Å². The monoisotopic (exact) mass is 355 g/mol. The Hall–Kier alpha value is -2.31. The predicted octanol–water partition coefficient (Wildman–Crippen LogP) is 2.13. The molecule has 2 saturated heterocycles. The highest BCUT2D eigenvalue weighted by atomic mass is 19.1. The number of fused-ring (bicyclic) bond motifs is 2. The van der Waals surface area contributed by atoms with Gasteiger partial charge < -0.3 is 10.1 Å². The van der Waals surface area contributed by atoms with Crippen LogP contribution in [0.3, 0.4) is 0 Å². The van der Waals surface area contributed by atoms with E-state index in [9.17, 15) is 9.18 Å². The highest BCUT2D eigenvalue weighted by Crippen LogP contribution is 2.33. The first-order valence-electron chi connectivity index (χ1n) is 8.97. The Balaban J connectivity index is 1.35. The molecule has 1 N–H and O–H groups in total. The summed E-state index contributed by atoms with van der Waals surface area (Å²) in [6, 6.07) is 10.6. The molecule has 2 aliphatic rings. The van der Waals surface area contributed by atoms with Crippen LogP contribution in [0, 0.1) is 11.7 Å². The van der Waals surface area contributed by atoms with E-state index < -0.39 is 0 Å². The maximum atomic E-state index is 13.9. The van der Waals surface area contributed by atoms with Crippen LogP contribution in [-0.4, -0.2) is 41.1 Å². The first kappa shape index (κ1) is 17.1. The van der Waals surface area contributed by atoms with Gasteiger partial charge in [-0.2, -0.15) is 0 Å². The summed E-state index contributed by atoms with van der Waals surface area (Å²) in [5, 5.41) is 2.99.